The van der Waals surface area contributed by atoms with Crippen LogP contribution >= 0.6 is 0 Å². The molecule has 106 valence electrons. The number of methoxy groups -OCH3 is 1. The zero-order chi connectivity index (χ0) is 14.4. The summed E-state index contributed by atoms with van der Waals surface area (Å²) in [5.74, 6) is 1.71. The minimum absolute atomic E-state index is 0.169. The van der Waals surface area contributed by atoms with Crippen molar-refractivity contribution >= 4 is 0 Å². The zero-order valence-corrected chi connectivity index (χ0v) is 12.0. The van der Waals surface area contributed by atoms with Gasteiger partial charge in [-0.15, -0.1) is 0 Å². The monoisotopic (exact) mass is 271 g/mol. The molecule has 2 aromatic carbocycles. The van der Waals surface area contributed by atoms with Crippen LogP contribution in [-0.2, 0) is 6.42 Å². The summed E-state index contributed by atoms with van der Waals surface area (Å²) in [6.45, 7) is 2.54. The highest BCUT2D eigenvalue weighted by Gasteiger charge is 2.13. The lowest BCUT2D eigenvalue weighted by atomic mass is 10.1. The normalized spacial score (nSPS) is 11.9. The van der Waals surface area contributed by atoms with Gasteiger partial charge < -0.3 is 15.2 Å². The first-order valence-corrected chi connectivity index (χ1v) is 6.87. The Kier molecular flexibility index (Phi) is 5.02. The molecule has 2 aromatic rings. The highest BCUT2D eigenvalue weighted by Crippen LogP contribution is 2.27. The zero-order valence-electron chi connectivity index (χ0n) is 12.0. The molecule has 0 heterocycles. The average Bonchev–Trinajstić information content (AvgIpc) is 2.53. The Morgan fingerprint density at radius 1 is 1.10 bits per heavy atom. The number of nitrogens with two attached hydrogens (primary N) is 1. The van der Waals surface area contributed by atoms with Gasteiger partial charge in [-0.2, -0.15) is 0 Å². The van der Waals surface area contributed by atoms with E-state index in [1.165, 1.54) is 5.56 Å². The quantitative estimate of drug-likeness (QED) is 0.876. The Morgan fingerprint density at radius 2 is 1.90 bits per heavy atom. The first-order chi connectivity index (χ1) is 9.78. The minimum Gasteiger partial charge on any atom is -0.497 e. The molecule has 0 aliphatic heterocycles. The molecule has 0 saturated carbocycles. The van der Waals surface area contributed by atoms with Crippen LogP contribution < -0.4 is 15.2 Å². The second-order valence-corrected chi connectivity index (χ2v) is 4.58. The van der Waals surface area contributed by atoms with E-state index in [1.807, 2.05) is 42.5 Å². The molecule has 0 spiro atoms. The Bertz CT molecular complexity index is 554. The molecule has 0 amide bonds. The second-order valence-electron chi connectivity index (χ2n) is 4.58. The first kappa shape index (κ1) is 14.4. The van der Waals surface area contributed by atoms with Gasteiger partial charge in [-0.1, -0.05) is 37.3 Å². The summed E-state index contributed by atoms with van der Waals surface area (Å²) in [6.07, 6.45) is 0.767. The fourth-order valence-electron chi connectivity index (χ4n) is 2.16. The SMILES string of the molecule is CCc1ccccc1OC(CN)c1cccc(OC)c1. The summed E-state index contributed by atoms with van der Waals surface area (Å²) in [5, 5.41) is 0. The molecule has 1 unspecified atom stereocenters. The molecule has 0 radical (unpaired) electrons. The molecule has 20 heavy (non-hydrogen) atoms. The maximum Gasteiger partial charge on any atom is 0.136 e. The van der Waals surface area contributed by atoms with Gasteiger partial charge in [-0.3, -0.25) is 0 Å². The lowest BCUT2D eigenvalue weighted by Crippen LogP contribution is -2.19. The van der Waals surface area contributed by atoms with Gasteiger partial charge in [-0.05, 0) is 35.7 Å². The van der Waals surface area contributed by atoms with Gasteiger partial charge in [0.1, 0.15) is 17.6 Å². The minimum atomic E-state index is -0.169. The molecule has 1 atom stereocenters. The molecular formula is C17H21NO2. The van der Waals surface area contributed by atoms with Gasteiger partial charge in [0.2, 0.25) is 0 Å². The third kappa shape index (κ3) is 3.31. The Hall–Kier alpha value is -2.00. The van der Waals surface area contributed by atoms with E-state index < -0.39 is 0 Å². The van der Waals surface area contributed by atoms with E-state index in [0.29, 0.717) is 6.54 Å². The molecule has 3 heteroatoms. The van der Waals surface area contributed by atoms with Crippen molar-refractivity contribution in [2.24, 2.45) is 5.73 Å². The van der Waals surface area contributed by atoms with Gasteiger partial charge in [0.05, 0.1) is 7.11 Å². The molecule has 0 aliphatic rings. The standard InChI is InChI=1S/C17H21NO2/c1-3-13-7-4-5-10-16(13)20-17(12-18)14-8-6-9-15(11-14)19-2/h4-11,17H,3,12,18H2,1-2H3. The van der Waals surface area contributed by atoms with Crippen LogP contribution in [0.2, 0.25) is 0 Å². The van der Waals surface area contributed by atoms with E-state index in [0.717, 1.165) is 23.5 Å². The number of ether oxygens (including phenoxy) is 2. The van der Waals surface area contributed by atoms with Crippen molar-refractivity contribution in [1.82, 2.24) is 0 Å². The van der Waals surface area contributed by atoms with E-state index >= 15 is 0 Å². The number of para-hydroxylation sites is 1. The van der Waals surface area contributed by atoms with E-state index in [1.54, 1.807) is 7.11 Å². The van der Waals surface area contributed by atoms with Crippen molar-refractivity contribution < 1.29 is 9.47 Å². The van der Waals surface area contributed by atoms with Gasteiger partial charge in [0.15, 0.2) is 0 Å². The van der Waals surface area contributed by atoms with E-state index in [9.17, 15) is 0 Å². The molecular weight excluding hydrogens is 250 g/mol. The van der Waals surface area contributed by atoms with E-state index in [2.05, 4.69) is 13.0 Å². The van der Waals surface area contributed by atoms with Crippen LogP contribution in [0.4, 0.5) is 0 Å². The summed E-state index contributed by atoms with van der Waals surface area (Å²) >= 11 is 0. The number of aryl methyl sites for hydroxylation is 1. The lowest BCUT2D eigenvalue weighted by Gasteiger charge is -2.20. The molecule has 0 aliphatic carbocycles. The summed E-state index contributed by atoms with van der Waals surface area (Å²) in [4.78, 5) is 0. The average molecular weight is 271 g/mol. The van der Waals surface area contributed by atoms with Crippen LogP contribution in [0.3, 0.4) is 0 Å². The molecule has 0 bridgehead atoms. The second kappa shape index (κ2) is 6.96. The summed E-state index contributed by atoms with van der Waals surface area (Å²) < 4.78 is 11.3. The molecule has 0 saturated heterocycles. The third-order valence-electron chi connectivity index (χ3n) is 3.30. The smallest absolute Gasteiger partial charge is 0.136 e. The number of rotatable bonds is 6. The van der Waals surface area contributed by atoms with Crippen molar-refractivity contribution in [3.05, 3.63) is 59.7 Å². The topological polar surface area (TPSA) is 44.5 Å². The van der Waals surface area contributed by atoms with Crippen LogP contribution in [0, 0.1) is 0 Å². The molecule has 0 aromatic heterocycles. The summed E-state index contributed by atoms with van der Waals surface area (Å²) in [7, 11) is 1.66. The van der Waals surface area contributed by atoms with Gasteiger partial charge >= 0.3 is 0 Å². The first-order valence-electron chi connectivity index (χ1n) is 6.87. The number of benzene rings is 2. The largest absolute Gasteiger partial charge is 0.497 e. The van der Waals surface area contributed by atoms with Crippen molar-refractivity contribution in [3.8, 4) is 11.5 Å². The van der Waals surface area contributed by atoms with Crippen molar-refractivity contribution in [2.75, 3.05) is 13.7 Å². The van der Waals surface area contributed by atoms with Crippen LogP contribution in [0.5, 0.6) is 11.5 Å². The summed E-state index contributed by atoms with van der Waals surface area (Å²) in [6, 6.07) is 15.9. The Balaban J connectivity index is 2.24. The van der Waals surface area contributed by atoms with Crippen molar-refractivity contribution in [3.63, 3.8) is 0 Å². The molecule has 2 N–H and O–H groups in total. The van der Waals surface area contributed by atoms with Crippen LogP contribution in [0.15, 0.2) is 48.5 Å². The fourth-order valence-corrected chi connectivity index (χ4v) is 2.16. The molecule has 0 fully saturated rings. The Labute approximate surface area is 120 Å². The van der Waals surface area contributed by atoms with E-state index in [-0.39, 0.29) is 6.10 Å². The van der Waals surface area contributed by atoms with Crippen molar-refractivity contribution in [2.45, 2.75) is 19.4 Å². The van der Waals surface area contributed by atoms with Gasteiger partial charge in [0.25, 0.3) is 0 Å². The van der Waals surface area contributed by atoms with Gasteiger partial charge in [0, 0.05) is 6.54 Å². The fraction of sp³-hybridized carbons (Fsp3) is 0.294. The molecule has 2 rings (SSSR count). The predicted molar refractivity (Wildman–Crippen MR) is 81.2 cm³/mol. The lowest BCUT2D eigenvalue weighted by molar-refractivity contribution is 0.211. The highest BCUT2D eigenvalue weighted by atomic mass is 16.5. The number of hydrogen-bond donors (Lipinski definition) is 1. The van der Waals surface area contributed by atoms with Crippen LogP contribution in [0.25, 0.3) is 0 Å². The maximum atomic E-state index is 6.09. The maximum absolute atomic E-state index is 6.09. The van der Waals surface area contributed by atoms with Crippen LogP contribution in [-0.4, -0.2) is 13.7 Å². The van der Waals surface area contributed by atoms with Crippen LogP contribution in [0.1, 0.15) is 24.2 Å². The Morgan fingerprint density at radius 3 is 2.60 bits per heavy atom. The van der Waals surface area contributed by atoms with Gasteiger partial charge in [-0.25, -0.2) is 0 Å². The predicted octanol–water partition coefficient (Wildman–Crippen LogP) is 3.34. The van der Waals surface area contributed by atoms with Crippen molar-refractivity contribution in [1.29, 1.82) is 0 Å². The summed E-state index contributed by atoms with van der Waals surface area (Å²) in [5.41, 5.74) is 8.08. The third-order valence-corrected chi connectivity index (χ3v) is 3.30. The number of hydrogen-bond acceptors (Lipinski definition) is 3. The molecule has 3 nitrogen and oxygen atoms in total. The van der Waals surface area contributed by atoms with E-state index in [4.69, 9.17) is 15.2 Å². The highest BCUT2D eigenvalue weighted by molar-refractivity contribution is 5.35.